The predicted molar refractivity (Wildman–Crippen MR) is 77.0 cm³/mol. The van der Waals surface area contributed by atoms with Crippen molar-refractivity contribution in [2.24, 2.45) is 0 Å². The highest BCUT2D eigenvalue weighted by Crippen LogP contribution is 2.21. The quantitative estimate of drug-likeness (QED) is 0.728. The minimum atomic E-state index is 0.717. The fourth-order valence-electron chi connectivity index (χ4n) is 1.75. The molecular weight excluding hydrogens is 304 g/mol. The molecule has 1 aromatic carbocycles. The van der Waals surface area contributed by atoms with Gasteiger partial charge in [-0.2, -0.15) is 10.2 Å². The van der Waals surface area contributed by atoms with Crippen LogP contribution in [0.3, 0.4) is 0 Å². The molecule has 5 heteroatoms. The molecule has 0 bridgehead atoms. The van der Waals surface area contributed by atoms with Crippen LogP contribution in [-0.2, 0) is 0 Å². The van der Waals surface area contributed by atoms with Crippen molar-refractivity contribution >= 4 is 15.9 Å². The molecule has 4 nitrogen and oxygen atoms in total. The van der Waals surface area contributed by atoms with E-state index in [9.17, 15) is 0 Å². The van der Waals surface area contributed by atoms with Crippen LogP contribution in [0.4, 0.5) is 0 Å². The Morgan fingerprint density at radius 1 is 0.947 bits per heavy atom. The second-order valence-corrected chi connectivity index (χ2v) is 5.13. The van der Waals surface area contributed by atoms with Gasteiger partial charge in [-0.25, -0.2) is 4.68 Å². The zero-order chi connectivity index (χ0) is 13.2. The van der Waals surface area contributed by atoms with Crippen LogP contribution in [0, 0.1) is 6.92 Å². The molecular formula is C14H11BrN4. The van der Waals surface area contributed by atoms with E-state index in [2.05, 4.69) is 31.2 Å². The van der Waals surface area contributed by atoms with E-state index in [0.29, 0.717) is 5.82 Å². The topological polar surface area (TPSA) is 43.6 Å². The third-order valence-corrected chi connectivity index (χ3v) is 3.31. The molecule has 94 valence electrons. The van der Waals surface area contributed by atoms with Gasteiger partial charge in [-0.3, -0.25) is 0 Å². The Hall–Kier alpha value is -2.01. The fourth-order valence-corrected chi connectivity index (χ4v) is 2.02. The molecule has 0 N–H and O–H groups in total. The highest BCUT2D eigenvalue weighted by Gasteiger charge is 2.04. The van der Waals surface area contributed by atoms with Crippen molar-refractivity contribution in [1.29, 1.82) is 0 Å². The Labute approximate surface area is 119 Å². The Balaban J connectivity index is 1.95. The van der Waals surface area contributed by atoms with Crippen LogP contribution in [0.25, 0.3) is 16.9 Å². The molecule has 0 radical (unpaired) electrons. The second kappa shape index (κ2) is 4.93. The van der Waals surface area contributed by atoms with Gasteiger partial charge in [0, 0.05) is 16.2 Å². The van der Waals surface area contributed by atoms with E-state index in [4.69, 9.17) is 0 Å². The van der Waals surface area contributed by atoms with Crippen molar-refractivity contribution in [2.75, 3.05) is 0 Å². The van der Waals surface area contributed by atoms with E-state index < -0.39 is 0 Å². The van der Waals surface area contributed by atoms with Crippen molar-refractivity contribution in [1.82, 2.24) is 20.0 Å². The highest BCUT2D eigenvalue weighted by atomic mass is 79.9. The first-order valence-corrected chi connectivity index (χ1v) is 6.63. The molecule has 0 saturated heterocycles. The molecule has 0 aliphatic carbocycles. The lowest BCUT2D eigenvalue weighted by molar-refractivity contribution is 0.806. The van der Waals surface area contributed by atoms with E-state index in [1.54, 1.807) is 4.68 Å². The molecule has 0 unspecified atom stereocenters. The van der Waals surface area contributed by atoms with E-state index in [1.165, 1.54) is 0 Å². The van der Waals surface area contributed by atoms with Gasteiger partial charge in [-0.15, -0.1) is 5.10 Å². The largest absolute Gasteiger partial charge is 0.220 e. The van der Waals surface area contributed by atoms with Gasteiger partial charge in [-0.05, 0) is 36.8 Å². The van der Waals surface area contributed by atoms with Gasteiger partial charge in [0.05, 0.1) is 11.9 Å². The maximum Gasteiger partial charge on any atom is 0.175 e. The van der Waals surface area contributed by atoms with Gasteiger partial charge in [0.1, 0.15) is 0 Å². The van der Waals surface area contributed by atoms with Crippen LogP contribution < -0.4 is 0 Å². The van der Waals surface area contributed by atoms with Crippen LogP contribution >= 0.6 is 15.9 Å². The Morgan fingerprint density at radius 3 is 2.42 bits per heavy atom. The van der Waals surface area contributed by atoms with Crippen LogP contribution in [0.15, 0.2) is 53.3 Å². The second-order valence-electron chi connectivity index (χ2n) is 4.21. The first-order valence-electron chi connectivity index (χ1n) is 5.84. The maximum atomic E-state index is 4.32. The Kier molecular flexibility index (Phi) is 3.13. The van der Waals surface area contributed by atoms with Crippen molar-refractivity contribution in [2.45, 2.75) is 6.92 Å². The maximum absolute atomic E-state index is 4.32. The summed E-state index contributed by atoms with van der Waals surface area (Å²) in [6.45, 7) is 1.91. The monoisotopic (exact) mass is 314 g/mol. The van der Waals surface area contributed by atoms with Crippen LogP contribution in [-0.4, -0.2) is 20.0 Å². The normalized spacial score (nSPS) is 10.6. The lowest BCUT2D eigenvalue weighted by Crippen LogP contribution is -1.99. The molecule has 2 heterocycles. The first-order chi connectivity index (χ1) is 9.22. The molecule has 0 fully saturated rings. The van der Waals surface area contributed by atoms with Crippen LogP contribution in [0.5, 0.6) is 0 Å². The smallest absolute Gasteiger partial charge is 0.175 e. The average molecular weight is 315 g/mol. The molecule has 0 spiro atoms. The van der Waals surface area contributed by atoms with Crippen molar-refractivity contribution in [3.05, 3.63) is 59.0 Å². The Morgan fingerprint density at radius 2 is 1.74 bits per heavy atom. The number of rotatable bonds is 2. The van der Waals surface area contributed by atoms with Gasteiger partial charge in [0.25, 0.3) is 0 Å². The lowest BCUT2D eigenvalue weighted by atomic mass is 10.1. The van der Waals surface area contributed by atoms with Gasteiger partial charge in [-0.1, -0.05) is 28.1 Å². The van der Waals surface area contributed by atoms with E-state index in [1.807, 2.05) is 55.7 Å². The molecule has 0 atom stereocenters. The number of aromatic nitrogens is 4. The average Bonchev–Trinajstić information content (AvgIpc) is 2.90. The van der Waals surface area contributed by atoms with Gasteiger partial charge >= 0.3 is 0 Å². The van der Waals surface area contributed by atoms with Crippen LogP contribution in [0.1, 0.15) is 5.69 Å². The molecule has 0 saturated carbocycles. The number of aryl methyl sites for hydroxylation is 1. The number of hydrogen-bond donors (Lipinski definition) is 0. The third-order valence-electron chi connectivity index (χ3n) is 2.78. The van der Waals surface area contributed by atoms with Gasteiger partial charge in [0.2, 0.25) is 0 Å². The zero-order valence-corrected chi connectivity index (χ0v) is 11.9. The summed E-state index contributed by atoms with van der Waals surface area (Å²) in [6.07, 6.45) is 3.77. The summed E-state index contributed by atoms with van der Waals surface area (Å²) in [5.41, 5.74) is 3.06. The molecule has 3 aromatic rings. The van der Waals surface area contributed by atoms with Crippen molar-refractivity contribution in [3.8, 4) is 16.9 Å². The summed E-state index contributed by atoms with van der Waals surface area (Å²) in [5.74, 6) is 0.717. The Bertz CT molecular complexity index is 626. The minimum absolute atomic E-state index is 0.717. The number of benzene rings is 1. The highest BCUT2D eigenvalue weighted by molar-refractivity contribution is 9.10. The summed E-state index contributed by atoms with van der Waals surface area (Å²) in [5, 5.41) is 12.5. The molecule has 19 heavy (non-hydrogen) atoms. The standard InChI is InChI=1S/C14H11BrN4/c1-10-2-7-14(18-17-10)19-9-12(8-16-19)11-3-5-13(15)6-4-11/h2-9H,1H3. The number of nitrogens with zero attached hydrogens (tertiary/aromatic N) is 4. The van der Waals surface area contributed by atoms with Gasteiger partial charge < -0.3 is 0 Å². The van der Waals surface area contributed by atoms with E-state index in [0.717, 1.165) is 21.3 Å². The zero-order valence-electron chi connectivity index (χ0n) is 10.3. The van der Waals surface area contributed by atoms with Crippen LogP contribution in [0.2, 0.25) is 0 Å². The third kappa shape index (κ3) is 2.56. The summed E-state index contributed by atoms with van der Waals surface area (Å²) in [6, 6.07) is 11.9. The SMILES string of the molecule is Cc1ccc(-n2cc(-c3ccc(Br)cc3)cn2)nn1. The van der Waals surface area contributed by atoms with E-state index in [-0.39, 0.29) is 0 Å². The lowest BCUT2D eigenvalue weighted by Gasteiger charge is -1.99. The summed E-state index contributed by atoms with van der Waals surface area (Å²) in [7, 11) is 0. The molecule has 2 aromatic heterocycles. The molecule has 0 amide bonds. The summed E-state index contributed by atoms with van der Waals surface area (Å²) < 4.78 is 2.79. The number of halogens is 1. The number of hydrogen-bond acceptors (Lipinski definition) is 3. The first kappa shape index (κ1) is 12.0. The molecule has 0 aliphatic rings. The van der Waals surface area contributed by atoms with Crippen molar-refractivity contribution < 1.29 is 0 Å². The predicted octanol–water partition coefficient (Wildman–Crippen LogP) is 3.40. The van der Waals surface area contributed by atoms with E-state index >= 15 is 0 Å². The summed E-state index contributed by atoms with van der Waals surface area (Å²) >= 11 is 3.43. The molecule has 3 rings (SSSR count). The van der Waals surface area contributed by atoms with Crippen molar-refractivity contribution in [3.63, 3.8) is 0 Å². The summed E-state index contributed by atoms with van der Waals surface area (Å²) in [4.78, 5) is 0. The minimum Gasteiger partial charge on any atom is -0.220 e. The molecule has 0 aliphatic heterocycles. The fraction of sp³-hybridized carbons (Fsp3) is 0.0714. The van der Waals surface area contributed by atoms with Gasteiger partial charge in [0.15, 0.2) is 5.82 Å².